The van der Waals surface area contributed by atoms with Crippen LogP contribution in [-0.4, -0.2) is 365 Å². The first-order chi connectivity index (χ1) is 59.8. The first kappa shape index (κ1) is 122. The highest BCUT2D eigenvalue weighted by atomic mass is 16.6. The summed E-state index contributed by atoms with van der Waals surface area (Å²) in [6, 6.07) is 10.5. The van der Waals surface area contributed by atoms with Crippen molar-refractivity contribution in [1.29, 1.82) is 0 Å². The van der Waals surface area contributed by atoms with Crippen molar-refractivity contribution >= 4 is 30.0 Å². The lowest BCUT2D eigenvalue weighted by atomic mass is 9.63. The van der Waals surface area contributed by atoms with Crippen molar-refractivity contribution in [2.45, 2.75) is 367 Å². The maximum Gasteiger partial charge on any atom is 0.409 e. The number of rotatable bonds is 44. The molecule has 7 fully saturated rings. The van der Waals surface area contributed by atoms with E-state index in [1.54, 1.807) is 11.9 Å². The van der Waals surface area contributed by atoms with Gasteiger partial charge in [0.1, 0.15) is 0 Å². The van der Waals surface area contributed by atoms with Gasteiger partial charge in [-0.05, 0) is 333 Å². The highest BCUT2D eigenvalue weighted by molar-refractivity contribution is 5.70. The van der Waals surface area contributed by atoms with Gasteiger partial charge < -0.3 is 91.5 Å². The van der Waals surface area contributed by atoms with E-state index in [0.29, 0.717) is 62.3 Å². The Labute approximate surface area is 773 Å². The van der Waals surface area contributed by atoms with Gasteiger partial charge in [0.15, 0.2) is 0 Å². The molecular formula is C101H198N10O15. The summed E-state index contributed by atoms with van der Waals surface area (Å²) in [4.78, 5) is 79.3. The van der Waals surface area contributed by atoms with Gasteiger partial charge in [0.05, 0.1) is 67.1 Å². The van der Waals surface area contributed by atoms with Crippen LogP contribution in [0.15, 0.2) is 30.3 Å². The quantitative estimate of drug-likeness (QED) is 0.0338. The number of likely N-dealkylation sites (tertiary alicyclic amines) is 3. The third kappa shape index (κ3) is 75.4. The molecule has 1 aromatic rings. The maximum atomic E-state index is 11.3. The molecule has 0 aromatic heterocycles. The van der Waals surface area contributed by atoms with Crippen molar-refractivity contribution in [1.82, 2.24) is 49.0 Å². The number of hydrogen-bond donors (Lipinski definition) is 0. The molecule has 7 aliphatic rings. The van der Waals surface area contributed by atoms with Crippen LogP contribution in [0.2, 0.25) is 0 Å². The molecule has 0 N–H and O–H groups in total. The normalized spacial score (nSPS) is 18.3. The Balaban J connectivity index is 0.00000140. The summed E-state index contributed by atoms with van der Waals surface area (Å²) in [6.07, 6.45) is 28.2. The number of carbonyl (C=O) groups excluding carboxylic acids is 5. The molecule has 6 saturated heterocycles. The third-order valence-electron chi connectivity index (χ3n) is 21.7. The smallest absolute Gasteiger partial charge is 0.409 e. The average Bonchev–Trinajstić information content (AvgIpc) is 0.764. The second-order valence-corrected chi connectivity index (χ2v) is 38.6. The van der Waals surface area contributed by atoms with E-state index in [2.05, 4.69) is 159 Å². The zero-order valence-corrected chi connectivity index (χ0v) is 86.1. The van der Waals surface area contributed by atoms with Crippen molar-refractivity contribution in [2.75, 3.05) is 219 Å². The summed E-state index contributed by atoms with van der Waals surface area (Å²) >= 11 is 0. The Morgan fingerprint density at radius 1 is 0.373 bits per heavy atom. The lowest BCUT2D eigenvalue weighted by Gasteiger charge is -2.56. The lowest BCUT2D eigenvalue weighted by molar-refractivity contribution is -0.148. The molecule has 0 unspecified atom stereocenters. The fourth-order valence-corrected chi connectivity index (χ4v) is 15.0. The number of amides is 1. The summed E-state index contributed by atoms with van der Waals surface area (Å²) in [6.45, 7) is 72.9. The third-order valence-corrected chi connectivity index (χ3v) is 21.7. The van der Waals surface area contributed by atoms with E-state index >= 15 is 0 Å². The number of nitrogens with zero attached hydrogens (tertiary/aromatic N) is 10. The Hall–Kier alpha value is -4.19. The van der Waals surface area contributed by atoms with Gasteiger partial charge in [0, 0.05) is 164 Å². The minimum atomic E-state index is -0.237. The van der Waals surface area contributed by atoms with E-state index in [4.69, 9.17) is 47.4 Å². The number of ether oxygens (including phenoxy) is 10. The lowest BCUT2D eigenvalue weighted by Crippen LogP contribution is -2.59. The number of morpholine rings is 1. The van der Waals surface area contributed by atoms with Gasteiger partial charge >= 0.3 is 30.0 Å². The number of piperidine rings is 2. The predicted octanol–water partition coefficient (Wildman–Crippen LogP) is 17.2. The number of esters is 4. The Morgan fingerprint density at radius 3 is 1.02 bits per heavy atom. The minimum Gasteiger partial charge on any atom is -0.463 e. The molecule has 1 spiro atoms. The Bertz CT molecular complexity index is 2640. The van der Waals surface area contributed by atoms with E-state index < -0.39 is 0 Å². The Kier molecular flexibility index (Phi) is 74.7. The van der Waals surface area contributed by atoms with Gasteiger partial charge in [-0.15, -0.1) is 0 Å². The van der Waals surface area contributed by atoms with Gasteiger partial charge in [-0.2, -0.15) is 0 Å². The summed E-state index contributed by atoms with van der Waals surface area (Å²) in [5.74, 6) is -0.245. The van der Waals surface area contributed by atoms with E-state index in [0.717, 1.165) is 168 Å². The molecule has 1 aliphatic carbocycles. The standard InChI is InChI=1S/C12H24N2O2.C12H25NO2.2C12H23NO2.C12H23NO.C12H18O.C11H24N2O.C10H22N2O2.C8H16O2/c1-11(2)16-12(15)5-4-6-14-9-7-13(3)8-10-14;1-10(2)14-7-5-6-13-8-11(3)15-12(4)9-13;2*1-11(2)15-12(14)7-6-10-13-8-4-3-5-9-13;1-11(2)14-8-4-7-13-9-12(10-13)5-3-6-12;1-11(2)13-10-6-9-12-7-4-3-5-8-12;1-11(2)14-10-4-5-13-8-6-12(3)7-9-13;1-9(2)14-10(13)12(5)8-6-7-11(3)4;1-4-5-6-8(9)10-7(2)3/h11H,4-10H2,1-3H3;10-12H,5-9H2,1-4H3;2*11H,3-10H2,1-2H3;11H,3-10H2,1-2H3;3-5,7-8,11H,6,9-10H2,1-2H3;11H,4-10H2,1-3H3;9H,6-8H2,1-5H3;7H,4-6H2,1-3H3/t;11-,12+;;;;;;;. The molecule has 6 aliphatic heterocycles. The van der Waals surface area contributed by atoms with Crippen LogP contribution in [0.25, 0.3) is 0 Å². The summed E-state index contributed by atoms with van der Waals surface area (Å²) in [5, 5.41) is 0. The number of carbonyl (C=O) groups is 5. The summed E-state index contributed by atoms with van der Waals surface area (Å²) in [7, 11) is 10.1. The number of piperazine rings is 2. The fourth-order valence-electron chi connectivity index (χ4n) is 15.0. The number of aryl methyl sites for hydroxylation is 1. The second kappa shape index (κ2) is 77.3. The van der Waals surface area contributed by atoms with Crippen molar-refractivity contribution in [3.8, 4) is 0 Å². The molecule has 25 nitrogen and oxygen atoms in total. The molecule has 2 atom stereocenters. The van der Waals surface area contributed by atoms with E-state index in [1.807, 2.05) is 89.4 Å². The van der Waals surface area contributed by atoms with Gasteiger partial charge in [-0.25, -0.2) is 4.79 Å². The van der Waals surface area contributed by atoms with Crippen LogP contribution in [-0.2, 0) is 73.0 Å². The molecule has 8 rings (SSSR count). The average molecular weight is 1790 g/mol. The largest absolute Gasteiger partial charge is 0.463 e. The van der Waals surface area contributed by atoms with Crippen molar-refractivity contribution in [3.05, 3.63) is 35.9 Å². The van der Waals surface area contributed by atoms with Crippen LogP contribution in [0.4, 0.5) is 4.79 Å². The first-order valence-corrected chi connectivity index (χ1v) is 50.0. The molecule has 0 bridgehead atoms. The number of likely N-dealkylation sites (N-methyl/N-ethyl adjacent to an activating group) is 2. The van der Waals surface area contributed by atoms with Crippen molar-refractivity contribution in [2.24, 2.45) is 5.41 Å². The first-order valence-electron chi connectivity index (χ1n) is 50.0. The van der Waals surface area contributed by atoms with Crippen LogP contribution >= 0.6 is 0 Å². The zero-order valence-electron chi connectivity index (χ0n) is 86.1. The number of unbranched alkanes of at least 4 members (excludes halogenated alkanes) is 1. The van der Waals surface area contributed by atoms with Crippen molar-refractivity contribution in [3.63, 3.8) is 0 Å². The SMILES string of the molecule is CC(C)OC(=O)CCCN1CCCCC1.CC(C)OC(=O)CCCN1CCCCC1.CC(C)OC(=O)CCCN1CCN(C)CC1.CC(C)OC(=O)N(C)CCCN(C)C.CC(C)OCCCN1CC2(CCC2)C1.CC(C)OCCCN1CCN(C)CC1.CC(C)OCCCN1C[C@@H](C)O[C@@H](C)C1.CC(C)OCCCc1ccccc1.CCCCC(=O)OC(C)C. The summed E-state index contributed by atoms with van der Waals surface area (Å²) < 4.78 is 52.9. The monoisotopic (exact) mass is 1790 g/mol. The van der Waals surface area contributed by atoms with Crippen LogP contribution in [0.3, 0.4) is 0 Å². The minimum absolute atomic E-state index is 0.0103. The zero-order chi connectivity index (χ0) is 94.5. The van der Waals surface area contributed by atoms with Crippen LogP contribution < -0.4 is 0 Å². The van der Waals surface area contributed by atoms with Gasteiger partial charge in [-0.3, -0.25) is 24.1 Å². The molecular weight excluding hydrogens is 1590 g/mol. The fraction of sp³-hybridized carbons (Fsp3) is 0.891. The van der Waals surface area contributed by atoms with Gasteiger partial charge in [0.25, 0.3) is 0 Å². The van der Waals surface area contributed by atoms with Crippen LogP contribution in [0.5, 0.6) is 0 Å². The molecule has 1 saturated carbocycles. The second-order valence-electron chi connectivity index (χ2n) is 38.6. The molecule has 742 valence electrons. The highest BCUT2D eigenvalue weighted by Crippen LogP contribution is 2.48. The highest BCUT2D eigenvalue weighted by Gasteiger charge is 2.46. The topological polar surface area (TPSA) is 210 Å². The molecule has 1 amide bonds. The maximum absolute atomic E-state index is 11.3. The van der Waals surface area contributed by atoms with Gasteiger partial charge in [0.2, 0.25) is 0 Å². The molecule has 1 aromatic carbocycles. The van der Waals surface area contributed by atoms with Crippen molar-refractivity contribution < 1.29 is 71.3 Å². The predicted molar refractivity (Wildman–Crippen MR) is 520 cm³/mol. The number of hydrogen-bond acceptors (Lipinski definition) is 24. The number of benzene rings is 1. The van der Waals surface area contributed by atoms with E-state index in [-0.39, 0.29) is 60.5 Å². The van der Waals surface area contributed by atoms with E-state index in [9.17, 15) is 24.0 Å². The van der Waals surface area contributed by atoms with E-state index in [1.165, 1.54) is 155 Å². The van der Waals surface area contributed by atoms with Crippen LogP contribution in [0.1, 0.15) is 299 Å². The molecule has 126 heavy (non-hydrogen) atoms. The molecule has 25 heteroatoms. The van der Waals surface area contributed by atoms with Crippen LogP contribution in [0, 0.1) is 5.41 Å². The van der Waals surface area contributed by atoms with Gasteiger partial charge in [-0.1, -0.05) is 62.9 Å². The molecule has 6 heterocycles. The summed E-state index contributed by atoms with van der Waals surface area (Å²) in [5.41, 5.74) is 2.19. The molecule has 0 radical (unpaired) electrons. The Morgan fingerprint density at radius 2 is 0.698 bits per heavy atom.